The van der Waals surface area contributed by atoms with Crippen molar-refractivity contribution in [2.75, 3.05) is 13.7 Å². The molecule has 3 aromatic rings. The second kappa shape index (κ2) is 10.7. The van der Waals surface area contributed by atoms with E-state index in [-0.39, 0.29) is 37.0 Å². The molecule has 0 spiro atoms. The summed E-state index contributed by atoms with van der Waals surface area (Å²) in [6, 6.07) is 14.7. The van der Waals surface area contributed by atoms with Crippen LogP contribution in [-0.2, 0) is 22.4 Å². The number of halogens is 1. The number of nitrogens with zero attached hydrogens (tertiary/aromatic N) is 2. The summed E-state index contributed by atoms with van der Waals surface area (Å²) >= 11 is 5.92. The zero-order valence-corrected chi connectivity index (χ0v) is 18.1. The zero-order valence-electron chi connectivity index (χ0n) is 17.3. The van der Waals surface area contributed by atoms with Gasteiger partial charge in [-0.3, -0.25) is 4.79 Å². The van der Waals surface area contributed by atoms with E-state index in [1.54, 1.807) is 26.2 Å². The standard InChI is InChI=1S/C23H23ClN2O5/c1-3-30-23(28)22-25-21(26-31-22)17(12-15-6-10-20(29-2)11-7-15)14-19(27)13-16-4-8-18(24)9-5-16/h4-11,17H,3,12-14H2,1-2H3/t17-/m1/s1. The molecule has 0 aliphatic rings. The van der Waals surface area contributed by atoms with Gasteiger partial charge in [-0.05, 0) is 48.7 Å². The van der Waals surface area contributed by atoms with Crippen LogP contribution >= 0.6 is 11.6 Å². The van der Waals surface area contributed by atoms with Crippen molar-refractivity contribution in [1.82, 2.24) is 10.1 Å². The molecule has 0 N–H and O–H groups in total. The van der Waals surface area contributed by atoms with Gasteiger partial charge in [-0.25, -0.2) is 4.79 Å². The highest BCUT2D eigenvalue weighted by Crippen LogP contribution is 2.25. The molecule has 0 saturated carbocycles. The number of carbonyl (C=O) groups is 2. The Morgan fingerprint density at radius 3 is 2.39 bits per heavy atom. The number of ketones is 1. The first-order valence-corrected chi connectivity index (χ1v) is 10.3. The van der Waals surface area contributed by atoms with Crippen molar-refractivity contribution in [3.05, 3.63) is 76.4 Å². The number of aromatic nitrogens is 2. The largest absolute Gasteiger partial charge is 0.497 e. The summed E-state index contributed by atoms with van der Waals surface area (Å²) in [6.07, 6.45) is 0.952. The van der Waals surface area contributed by atoms with E-state index in [2.05, 4.69) is 10.1 Å². The molecule has 0 unspecified atom stereocenters. The van der Waals surface area contributed by atoms with Gasteiger partial charge in [-0.2, -0.15) is 4.98 Å². The molecule has 3 rings (SSSR count). The van der Waals surface area contributed by atoms with Crippen molar-refractivity contribution < 1.29 is 23.6 Å². The predicted molar refractivity (Wildman–Crippen MR) is 114 cm³/mol. The van der Waals surface area contributed by atoms with Crippen molar-refractivity contribution in [2.45, 2.75) is 32.1 Å². The number of benzene rings is 2. The molecule has 8 heteroatoms. The van der Waals surface area contributed by atoms with E-state index in [4.69, 9.17) is 25.6 Å². The van der Waals surface area contributed by atoms with Crippen LogP contribution in [0.2, 0.25) is 5.02 Å². The van der Waals surface area contributed by atoms with Gasteiger partial charge in [-0.15, -0.1) is 0 Å². The molecule has 7 nitrogen and oxygen atoms in total. The molecule has 0 aliphatic carbocycles. The fraction of sp³-hybridized carbons (Fsp3) is 0.304. The van der Waals surface area contributed by atoms with Gasteiger partial charge >= 0.3 is 11.9 Å². The van der Waals surface area contributed by atoms with Crippen LogP contribution in [0.5, 0.6) is 5.75 Å². The minimum absolute atomic E-state index is 0.0170. The van der Waals surface area contributed by atoms with Gasteiger partial charge < -0.3 is 14.0 Å². The number of ether oxygens (including phenoxy) is 2. The Hall–Kier alpha value is -3.19. The maximum atomic E-state index is 12.8. The van der Waals surface area contributed by atoms with Gasteiger partial charge in [0.15, 0.2) is 5.82 Å². The van der Waals surface area contributed by atoms with E-state index in [9.17, 15) is 9.59 Å². The molecule has 0 aliphatic heterocycles. The Labute approximate surface area is 185 Å². The van der Waals surface area contributed by atoms with Crippen LogP contribution in [0.3, 0.4) is 0 Å². The van der Waals surface area contributed by atoms with Gasteiger partial charge in [0, 0.05) is 23.8 Å². The fourth-order valence-electron chi connectivity index (χ4n) is 3.15. The van der Waals surface area contributed by atoms with Gasteiger partial charge in [0.05, 0.1) is 13.7 Å². The third-order valence-corrected chi connectivity index (χ3v) is 4.94. The van der Waals surface area contributed by atoms with E-state index in [1.807, 2.05) is 36.4 Å². The van der Waals surface area contributed by atoms with Crippen molar-refractivity contribution in [2.24, 2.45) is 0 Å². The minimum Gasteiger partial charge on any atom is -0.497 e. The second-order valence-electron chi connectivity index (χ2n) is 6.97. The summed E-state index contributed by atoms with van der Waals surface area (Å²) in [5, 5.41) is 4.56. The van der Waals surface area contributed by atoms with Gasteiger partial charge in [0.25, 0.3) is 0 Å². The Bertz CT molecular complexity index is 1020. The molecule has 0 bridgehead atoms. The third-order valence-electron chi connectivity index (χ3n) is 4.69. The zero-order chi connectivity index (χ0) is 22.2. The number of hydrogen-bond acceptors (Lipinski definition) is 7. The normalized spacial score (nSPS) is 11.7. The molecule has 0 radical (unpaired) electrons. The van der Waals surface area contributed by atoms with Crippen molar-refractivity contribution in [3.63, 3.8) is 0 Å². The molecular weight excluding hydrogens is 420 g/mol. The molecule has 162 valence electrons. The number of carbonyl (C=O) groups excluding carboxylic acids is 2. The number of Topliss-reactive ketones (excluding diaryl/α,β-unsaturated/α-hetero) is 1. The average Bonchev–Trinajstić information content (AvgIpc) is 3.26. The van der Waals surface area contributed by atoms with E-state index in [0.29, 0.717) is 17.3 Å². The van der Waals surface area contributed by atoms with E-state index >= 15 is 0 Å². The van der Waals surface area contributed by atoms with Gasteiger partial charge in [0.2, 0.25) is 0 Å². The van der Waals surface area contributed by atoms with Gasteiger partial charge in [0.1, 0.15) is 11.5 Å². The van der Waals surface area contributed by atoms with Crippen LogP contribution in [0.15, 0.2) is 53.1 Å². The van der Waals surface area contributed by atoms with Crippen LogP contribution < -0.4 is 4.74 Å². The highest BCUT2D eigenvalue weighted by molar-refractivity contribution is 6.30. The summed E-state index contributed by atoms with van der Waals surface area (Å²) < 4.78 is 15.2. The first-order valence-electron chi connectivity index (χ1n) is 9.88. The summed E-state index contributed by atoms with van der Waals surface area (Å²) in [6.45, 7) is 1.89. The van der Waals surface area contributed by atoms with Crippen LogP contribution in [0.4, 0.5) is 0 Å². The highest BCUT2D eigenvalue weighted by Gasteiger charge is 2.25. The highest BCUT2D eigenvalue weighted by atomic mass is 35.5. The molecule has 0 saturated heterocycles. The Kier molecular flexibility index (Phi) is 7.78. The predicted octanol–water partition coefficient (Wildman–Crippen LogP) is 4.44. The maximum Gasteiger partial charge on any atom is 0.397 e. The molecule has 1 aromatic heterocycles. The van der Waals surface area contributed by atoms with Crippen LogP contribution in [-0.4, -0.2) is 35.6 Å². The Morgan fingerprint density at radius 1 is 1.06 bits per heavy atom. The lowest BCUT2D eigenvalue weighted by molar-refractivity contribution is -0.118. The number of hydrogen-bond donors (Lipinski definition) is 0. The van der Waals surface area contributed by atoms with Crippen molar-refractivity contribution in [1.29, 1.82) is 0 Å². The first-order chi connectivity index (χ1) is 15.0. The summed E-state index contributed by atoms with van der Waals surface area (Å²) in [7, 11) is 1.60. The molecule has 2 aromatic carbocycles. The number of methoxy groups -OCH3 is 1. The Balaban J connectivity index is 1.78. The average molecular weight is 443 g/mol. The maximum absolute atomic E-state index is 12.8. The topological polar surface area (TPSA) is 91.5 Å². The number of esters is 1. The van der Waals surface area contributed by atoms with Crippen LogP contribution in [0.25, 0.3) is 0 Å². The third kappa shape index (κ3) is 6.39. The molecule has 0 amide bonds. The van der Waals surface area contributed by atoms with Crippen LogP contribution in [0, 0.1) is 0 Å². The molecular formula is C23H23ClN2O5. The summed E-state index contributed by atoms with van der Waals surface area (Å²) in [5.74, 6) is -0.214. The monoisotopic (exact) mass is 442 g/mol. The van der Waals surface area contributed by atoms with Crippen molar-refractivity contribution >= 4 is 23.4 Å². The molecule has 1 atom stereocenters. The SMILES string of the molecule is CCOC(=O)c1nc([C@@H](CC(=O)Cc2ccc(Cl)cc2)Cc2ccc(OC)cc2)no1. The smallest absolute Gasteiger partial charge is 0.397 e. The van der Waals surface area contributed by atoms with Crippen LogP contribution in [0.1, 0.15) is 46.9 Å². The summed E-state index contributed by atoms with van der Waals surface area (Å²) in [4.78, 5) is 28.9. The van der Waals surface area contributed by atoms with E-state index in [1.165, 1.54) is 0 Å². The molecule has 31 heavy (non-hydrogen) atoms. The lowest BCUT2D eigenvalue weighted by Crippen LogP contribution is -2.14. The van der Waals surface area contributed by atoms with Crippen molar-refractivity contribution in [3.8, 4) is 5.75 Å². The number of rotatable bonds is 10. The molecule has 0 fully saturated rings. The quantitative estimate of drug-likeness (QED) is 0.428. The first kappa shape index (κ1) is 22.5. The van der Waals surface area contributed by atoms with E-state index < -0.39 is 5.97 Å². The lowest BCUT2D eigenvalue weighted by Gasteiger charge is -2.13. The molecule has 1 heterocycles. The second-order valence-corrected chi connectivity index (χ2v) is 7.41. The summed E-state index contributed by atoms with van der Waals surface area (Å²) in [5.41, 5.74) is 1.85. The minimum atomic E-state index is -0.683. The van der Waals surface area contributed by atoms with Gasteiger partial charge in [-0.1, -0.05) is 41.0 Å². The van der Waals surface area contributed by atoms with E-state index in [0.717, 1.165) is 16.9 Å². The lowest BCUT2D eigenvalue weighted by atomic mass is 9.91. The fourth-order valence-corrected chi connectivity index (χ4v) is 3.28. The Morgan fingerprint density at radius 2 is 1.74 bits per heavy atom.